The number of nitrogens with one attached hydrogen (secondary N) is 1. The van der Waals surface area contributed by atoms with Gasteiger partial charge in [0.15, 0.2) is 0 Å². The Morgan fingerprint density at radius 2 is 1.41 bits per heavy atom. The van der Waals surface area contributed by atoms with E-state index in [4.69, 9.17) is 11.6 Å². The van der Waals surface area contributed by atoms with Gasteiger partial charge in [-0.15, -0.1) is 0 Å². The molecule has 0 saturated heterocycles. The van der Waals surface area contributed by atoms with E-state index in [1.165, 1.54) is 17.0 Å². The second kappa shape index (κ2) is 15.0. The van der Waals surface area contributed by atoms with E-state index in [0.29, 0.717) is 22.8 Å². The van der Waals surface area contributed by atoms with Gasteiger partial charge in [-0.2, -0.15) is 0 Å². The van der Waals surface area contributed by atoms with Crippen LogP contribution in [0.3, 0.4) is 0 Å². The Hall–Kier alpha value is -4.14. The molecule has 9 heteroatoms. The average Bonchev–Trinajstić information content (AvgIpc) is 3.02. The highest BCUT2D eigenvalue weighted by molar-refractivity contribution is 7.92. The van der Waals surface area contributed by atoms with E-state index >= 15 is 0 Å². The van der Waals surface area contributed by atoms with E-state index < -0.39 is 28.5 Å². The molecule has 0 aromatic heterocycles. The first-order valence-electron chi connectivity index (χ1n) is 14.5. The van der Waals surface area contributed by atoms with Crippen LogP contribution in [0, 0.1) is 12.8 Å². The maximum atomic E-state index is 14.5. The molecule has 2 amide bonds. The van der Waals surface area contributed by atoms with Crippen molar-refractivity contribution in [3.63, 3.8) is 0 Å². The van der Waals surface area contributed by atoms with Gasteiger partial charge in [0, 0.05) is 24.5 Å². The molecule has 0 unspecified atom stereocenters. The number of halogens is 1. The van der Waals surface area contributed by atoms with Crippen molar-refractivity contribution in [3.05, 3.63) is 131 Å². The normalized spacial score (nSPS) is 12.0. The molecule has 4 rings (SSSR count). The lowest BCUT2D eigenvalue weighted by Crippen LogP contribution is -2.53. The number of nitrogens with zero attached hydrogens (tertiary/aromatic N) is 2. The first-order valence-corrected chi connectivity index (χ1v) is 16.4. The standard InChI is InChI=1S/C35H38ClN3O4S/c1-26(2)23-37-35(41)33(22-28-12-6-4-7-13-28)38(24-29-14-10-11-17-32(29)36)34(40)25-39(30-20-18-27(3)19-21-30)44(42,43)31-15-8-5-9-16-31/h4-21,26,33H,22-25H2,1-3H3,(H,37,41)/t33-/m0/s1. The van der Waals surface area contributed by atoms with Crippen LogP contribution in [0.4, 0.5) is 5.69 Å². The van der Waals surface area contributed by atoms with Crippen LogP contribution in [-0.2, 0) is 32.6 Å². The fourth-order valence-corrected chi connectivity index (χ4v) is 6.38. The summed E-state index contributed by atoms with van der Waals surface area (Å²) in [7, 11) is -4.14. The molecule has 4 aromatic rings. The van der Waals surface area contributed by atoms with Crippen molar-refractivity contribution in [3.8, 4) is 0 Å². The lowest BCUT2D eigenvalue weighted by molar-refractivity contribution is -0.140. The summed E-state index contributed by atoms with van der Waals surface area (Å²) in [6.07, 6.45) is 0.233. The molecular weight excluding hydrogens is 594 g/mol. The molecule has 0 saturated carbocycles. The quantitative estimate of drug-likeness (QED) is 0.189. The van der Waals surface area contributed by atoms with E-state index in [0.717, 1.165) is 15.4 Å². The highest BCUT2D eigenvalue weighted by Crippen LogP contribution is 2.26. The minimum Gasteiger partial charge on any atom is -0.354 e. The number of hydrogen-bond acceptors (Lipinski definition) is 4. The molecule has 7 nitrogen and oxygen atoms in total. The fraction of sp³-hybridized carbons (Fsp3) is 0.257. The molecule has 1 atom stereocenters. The van der Waals surface area contributed by atoms with Crippen LogP contribution in [0.1, 0.15) is 30.5 Å². The van der Waals surface area contributed by atoms with Gasteiger partial charge in [0.05, 0.1) is 10.6 Å². The molecule has 230 valence electrons. The second-order valence-electron chi connectivity index (χ2n) is 11.1. The van der Waals surface area contributed by atoms with E-state index in [1.54, 1.807) is 60.7 Å². The number of carbonyl (C=O) groups is 2. The van der Waals surface area contributed by atoms with Crippen molar-refractivity contribution in [1.82, 2.24) is 10.2 Å². The molecule has 0 aliphatic carbocycles. The largest absolute Gasteiger partial charge is 0.354 e. The Kier molecular flexibility index (Phi) is 11.2. The zero-order valence-corrected chi connectivity index (χ0v) is 26.8. The third kappa shape index (κ3) is 8.49. The molecule has 0 heterocycles. The zero-order chi connectivity index (χ0) is 31.7. The lowest BCUT2D eigenvalue weighted by Gasteiger charge is -2.34. The number of sulfonamides is 1. The molecule has 0 aliphatic heterocycles. The van der Waals surface area contributed by atoms with E-state index in [-0.39, 0.29) is 29.7 Å². The summed E-state index contributed by atoms with van der Waals surface area (Å²) in [4.78, 5) is 29.8. The summed E-state index contributed by atoms with van der Waals surface area (Å²) in [5.74, 6) is -0.668. The zero-order valence-electron chi connectivity index (χ0n) is 25.2. The van der Waals surface area contributed by atoms with Gasteiger partial charge in [0.25, 0.3) is 10.0 Å². The fourth-order valence-electron chi connectivity index (χ4n) is 4.75. The molecule has 4 aromatic carbocycles. The minimum atomic E-state index is -4.14. The Morgan fingerprint density at radius 1 is 0.818 bits per heavy atom. The molecule has 0 fully saturated rings. The third-order valence-electron chi connectivity index (χ3n) is 7.19. The number of carbonyl (C=O) groups excluding carboxylic acids is 2. The van der Waals surface area contributed by atoms with Crippen LogP contribution in [0.2, 0.25) is 5.02 Å². The molecule has 0 aliphatic rings. The highest BCUT2D eigenvalue weighted by atomic mass is 35.5. The first-order chi connectivity index (χ1) is 21.1. The smallest absolute Gasteiger partial charge is 0.264 e. The van der Waals surface area contributed by atoms with Gasteiger partial charge in [-0.1, -0.05) is 110 Å². The number of benzene rings is 4. The summed E-state index contributed by atoms with van der Waals surface area (Å²) in [6.45, 7) is 5.81. The monoisotopic (exact) mass is 631 g/mol. The summed E-state index contributed by atoms with van der Waals surface area (Å²) in [5.41, 5.74) is 2.79. The van der Waals surface area contributed by atoms with Crippen molar-refractivity contribution >= 4 is 39.1 Å². The number of hydrogen-bond donors (Lipinski definition) is 1. The molecule has 0 bridgehead atoms. The predicted octanol–water partition coefficient (Wildman–Crippen LogP) is 6.26. The van der Waals surface area contributed by atoms with Crippen LogP contribution in [0.15, 0.2) is 114 Å². The van der Waals surface area contributed by atoms with E-state index in [1.807, 2.05) is 57.2 Å². The average molecular weight is 632 g/mol. The topological polar surface area (TPSA) is 86.8 Å². The van der Waals surface area contributed by atoms with Crippen LogP contribution < -0.4 is 9.62 Å². The van der Waals surface area contributed by atoms with Gasteiger partial charge >= 0.3 is 0 Å². The third-order valence-corrected chi connectivity index (χ3v) is 9.34. The van der Waals surface area contributed by atoms with Crippen molar-refractivity contribution in [2.45, 2.75) is 44.7 Å². The molecule has 0 spiro atoms. The van der Waals surface area contributed by atoms with Gasteiger partial charge in [-0.05, 0) is 54.3 Å². The van der Waals surface area contributed by atoms with Crippen LogP contribution in [0.5, 0.6) is 0 Å². The summed E-state index contributed by atoms with van der Waals surface area (Å²) >= 11 is 6.54. The number of amides is 2. The van der Waals surface area contributed by atoms with Crippen molar-refractivity contribution in [2.75, 3.05) is 17.4 Å². The maximum Gasteiger partial charge on any atom is 0.264 e. The summed E-state index contributed by atoms with van der Waals surface area (Å²) < 4.78 is 29.1. The maximum absolute atomic E-state index is 14.5. The molecular formula is C35H38ClN3O4S. The first kappa shape index (κ1) is 32.8. The van der Waals surface area contributed by atoms with Crippen molar-refractivity contribution < 1.29 is 18.0 Å². The minimum absolute atomic E-state index is 0.0121. The number of aryl methyl sites for hydroxylation is 1. The van der Waals surface area contributed by atoms with Crippen LogP contribution in [0.25, 0.3) is 0 Å². The summed E-state index contributed by atoms with van der Waals surface area (Å²) in [6, 6.07) is 30.6. The van der Waals surface area contributed by atoms with Crippen molar-refractivity contribution in [1.29, 1.82) is 0 Å². The van der Waals surface area contributed by atoms with Gasteiger partial charge in [-0.25, -0.2) is 8.42 Å². The molecule has 1 N–H and O–H groups in total. The van der Waals surface area contributed by atoms with Gasteiger partial charge < -0.3 is 10.2 Å². The van der Waals surface area contributed by atoms with Gasteiger partial charge in [0.1, 0.15) is 12.6 Å². The lowest BCUT2D eigenvalue weighted by atomic mass is 10.0. The Morgan fingerprint density at radius 3 is 2.02 bits per heavy atom. The Labute approximate surface area is 265 Å². The molecule has 0 radical (unpaired) electrons. The van der Waals surface area contributed by atoms with Crippen molar-refractivity contribution in [2.24, 2.45) is 5.92 Å². The van der Waals surface area contributed by atoms with Gasteiger partial charge in [-0.3, -0.25) is 13.9 Å². The Bertz CT molecular complexity index is 1650. The molecule has 44 heavy (non-hydrogen) atoms. The summed E-state index contributed by atoms with van der Waals surface area (Å²) in [5, 5.41) is 3.43. The van der Waals surface area contributed by atoms with Crippen LogP contribution in [-0.4, -0.2) is 44.3 Å². The predicted molar refractivity (Wildman–Crippen MR) is 176 cm³/mol. The van der Waals surface area contributed by atoms with Crippen LogP contribution >= 0.6 is 11.6 Å². The number of rotatable bonds is 13. The van der Waals surface area contributed by atoms with E-state index in [2.05, 4.69) is 5.32 Å². The second-order valence-corrected chi connectivity index (χ2v) is 13.4. The Balaban J connectivity index is 1.79. The van der Waals surface area contributed by atoms with Gasteiger partial charge in [0.2, 0.25) is 11.8 Å². The highest BCUT2D eigenvalue weighted by Gasteiger charge is 2.34. The number of anilines is 1. The SMILES string of the molecule is Cc1ccc(N(CC(=O)N(Cc2ccccc2Cl)[C@@H](Cc2ccccc2)C(=O)NCC(C)C)S(=O)(=O)c2ccccc2)cc1. The van der Waals surface area contributed by atoms with E-state index in [9.17, 15) is 18.0 Å².